The van der Waals surface area contributed by atoms with Gasteiger partial charge in [-0.3, -0.25) is 0 Å². The first-order valence-electron chi connectivity index (χ1n) is 5.86. The Morgan fingerprint density at radius 3 is 2.76 bits per heavy atom. The zero-order valence-electron chi connectivity index (χ0n) is 9.67. The SMILES string of the molecule is CCCNC(c1cncn1C1CC1)C(F)(F)F. The van der Waals surface area contributed by atoms with Crippen LogP contribution in [0.25, 0.3) is 0 Å². The van der Waals surface area contributed by atoms with Crippen molar-refractivity contribution in [1.82, 2.24) is 14.9 Å². The minimum absolute atomic E-state index is 0.209. The molecule has 2 rings (SSSR count). The average molecular weight is 247 g/mol. The van der Waals surface area contributed by atoms with Crippen molar-refractivity contribution in [2.24, 2.45) is 0 Å². The summed E-state index contributed by atoms with van der Waals surface area (Å²) < 4.78 is 40.6. The molecule has 1 aromatic heterocycles. The van der Waals surface area contributed by atoms with E-state index < -0.39 is 12.2 Å². The molecule has 0 amide bonds. The predicted molar refractivity (Wildman–Crippen MR) is 57.6 cm³/mol. The molecular weight excluding hydrogens is 231 g/mol. The third-order valence-corrected chi connectivity index (χ3v) is 2.86. The number of aromatic nitrogens is 2. The minimum Gasteiger partial charge on any atom is -0.330 e. The Kier molecular flexibility index (Phi) is 3.42. The highest BCUT2D eigenvalue weighted by Gasteiger charge is 2.43. The van der Waals surface area contributed by atoms with Crippen LogP contribution >= 0.6 is 0 Å². The number of imidazole rings is 1. The predicted octanol–water partition coefficient (Wildman–Crippen LogP) is 2.82. The van der Waals surface area contributed by atoms with Gasteiger partial charge in [-0.1, -0.05) is 6.92 Å². The summed E-state index contributed by atoms with van der Waals surface area (Å²) >= 11 is 0. The molecule has 1 saturated carbocycles. The van der Waals surface area contributed by atoms with Crippen LogP contribution < -0.4 is 5.32 Å². The van der Waals surface area contributed by atoms with Gasteiger partial charge in [0, 0.05) is 6.04 Å². The van der Waals surface area contributed by atoms with Crippen LogP contribution in [0.2, 0.25) is 0 Å². The quantitative estimate of drug-likeness (QED) is 0.867. The van der Waals surface area contributed by atoms with Crippen LogP contribution in [0, 0.1) is 0 Å². The van der Waals surface area contributed by atoms with E-state index in [2.05, 4.69) is 10.3 Å². The van der Waals surface area contributed by atoms with Gasteiger partial charge in [-0.25, -0.2) is 4.98 Å². The molecule has 0 saturated heterocycles. The van der Waals surface area contributed by atoms with Gasteiger partial charge in [0.25, 0.3) is 0 Å². The van der Waals surface area contributed by atoms with Gasteiger partial charge >= 0.3 is 6.18 Å². The molecule has 1 aromatic rings. The number of hydrogen-bond acceptors (Lipinski definition) is 2. The molecule has 1 aliphatic rings. The average Bonchev–Trinajstić information content (AvgIpc) is 2.98. The molecule has 3 nitrogen and oxygen atoms in total. The lowest BCUT2D eigenvalue weighted by Gasteiger charge is -2.22. The highest BCUT2D eigenvalue weighted by atomic mass is 19.4. The van der Waals surface area contributed by atoms with E-state index >= 15 is 0 Å². The van der Waals surface area contributed by atoms with Gasteiger partial charge in [0.1, 0.15) is 6.04 Å². The fraction of sp³-hybridized carbons (Fsp3) is 0.727. The van der Waals surface area contributed by atoms with Crippen molar-refractivity contribution >= 4 is 0 Å². The summed E-state index contributed by atoms with van der Waals surface area (Å²) in [5.74, 6) is 0. The summed E-state index contributed by atoms with van der Waals surface area (Å²) in [5.41, 5.74) is 0.230. The van der Waals surface area contributed by atoms with Gasteiger partial charge < -0.3 is 9.88 Å². The second-order valence-corrected chi connectivity index (χ2v) is 4.39. The lowest BCUT2D eigenvalue weighted by Crippen LogP contribution is -2.36. The molecule has 6 heteroatoms. The first-order valence-corrected chi connectivity index (χ1v) is 5.86. The minimum atomic E-state index is -4.28. The molecule has 0 spiro atoms. The van der Waals surface area contributed by atoms with Gasteiger partial charge in [-0.15, -0.1) is 0 Å². The molecular formula is C11H16F3N3. The number of halogens is 3. The van der Waals surface area contributed by atoms with E-state index in [-0.39, 0.29) is 11.7 Å². The number of nitrogens with one attached hydrogen (secondary N) is 1. The van der Waals surface area contributed by atoms with Crippen molar-refractivity contribution in [1.29, 1.82) is 0 Å². The highest BCUT2D eigenvalue weighted by Crippen LogP contribution is 2.40. The van der Waals surface area contributed by atoms with Crippen LogP contribution in [0.3, 0.4) is 0 Å². The summed E-state index contributed by atoms with van der Waals surface area (Å²) in [5, 5.41) is 2.55. The van der Waals surface area contributed by atoms with Crippen molar-refractivity contribution in [2.75, 3.05) is 6.54 Å². The maximum Gasteiger partial charge on any atom is 0.409 e. The van der Waals surface area contributed by atoms with E-state index in [9.17, 15) is 13.2 Å². The summed E-state index contributed by atoms with van der Waals surface area (Å²) in [6, 6.07) is -1.40. The topological polar surface area (TPSA) is 29.9 Å². The number of rotatable bonds is 5. The molecule has 1 heterocycles. The fourth-order valence-corrected chi connectivity index (χ4v) is 1.87. The van der Waals surface area contributed by atoms with E-state index in [1.165, 1.54) is 12.5 Å². The lowest BCUT2D eigenvalue weighted by molar-refractivity contribution is -0.159. The van der Waals surface area contributed by atoms with Gasteiger partial charge in [0.05, 0.1) is 18.2 Å². The number of hydrogen-bond donors (Lipinski definition) is 1. The van der Waals surface area contributed by atoms with Crippen LogP contribution in [-0.2, 0) is 0 Å². The normalized spacial score (nSPS) is 18.4. The van der Waals surface area contributed by atoms with Crippen molar-refractivity contribution in [3.8, 4) is 0 Å². The van der Waals surface area contributed by atoms with Crippen molar-refractivity contribution in [3.05, 3.63) is 18.2 Å². The maximum absolute atomic E-state index is 13.0. The van der Waals surface area contributed by atoms with Crippen LogP contribution in [0.15, 0.2) is 12.5 Å². The van der Waals surface area contributed by atoms with Gasteiger partial charge in [-0.05, 0) is 25.8 Å². The smallest absolute Gasteiger partial charge is 0.330 e. The van der Waals surface area contributed by atoms with Crippen LogP contribution in [0.5, 0.6) is 0 Å². The third-order valence-electron chi connectivity index (χ3n) is 2.86. The van der Waals surface area contributed by atoms with Gasteiger partial charge in [0.15, 0.2) is 0 Å². The molecule has 0 radical (unpaired) electrons. The Bertz CT molecular complexity index is 368. The molecule has 0 aliphatic heterocycles. The molecule has 1 atom stereocenters. The van der Waals surface area contributed by atoms with E-state index in [0.29, 0.717) is 13.0 Å². The third kappa shape index (κ3) is 2.80. The first kappa shape index (κ1) is 12.4. The second-order valence-electron chi connectivity index (χ2n) is 4.39. The molecule has 96 valence electrons. The van der Waals surface area contributed by atoms with E-state index in [0.717, 1.165) is 12.8 Å². The summed E-state index contributed by atoms with van der Waals surface area (Å²) in [7, 11) is 0. The van der Waals surface area contributed by atoms with Gasteiger partial charge in [0.2, 0.25) is 0 Å². The first-order chi connectivity index (χ1) is 8.04. The second kappa shape index (κ2) is 4.68. The van der Waals surface area contributed by atoms with Crippen molar-refractivity contribution < 1.29 is 13.2 Å². The summed E-state index contributed by atoms with van der Waals surface area (Å²) in [6.07, 6.45) is 1.11. The fourth-order valence-electron chi connectivity index (χ4n) is 1.87. The van der Waals surface area contributed by atoms with Gasteiger partial charge in [-0.2, -0.15) is 13.2 Å². The molecule has 1 N–H and O–H groups in total. The molecule has 0 aromatic carbocycles. The Hall–Kier alpha value is -1.04. The van der Waals surface area contributed by atoms with Crippen molar-refractivity contribution in [3.63, 3.8) is 0 Å². The zero-order chi connectivity index (χ0) is 12.5. The molecule has 0 bridgehead atoms. The Morgan fingerprint density at radius 1 is 1.53 bits per heavy atom. The molecule has 17 heavy (non-hydrogen) atoms. The highest BCUT2D eigenvalue weighted by molar-refractivity contribution is 5.11. The summed E-state index contributed by atoms with van der Waals surface area (Å²) in [4.78, 5) is 3.85. The Labute approximate surface area is 98.0 Å². The largest absolute Gasteiger partial charge is 0.409 e. The molecule has 1 fully saturated rings. The van der Waals surface area contributed by atoms with Crippen molar-refractivity contribution in [2.45, 2.75) is 44.4 Å². The zero-order valence-corrected chi connectivity index (χ0v) is 9.67. The number of nitrogens with zero attached hydrogens (tertiary/aromatic N) is 2. The van der Waals surface area contributed by atoms with E-state index in [1.54, 1.807) is 4.57 Å². The maximum atomic E-state index is 13.0. The van der Waals surface area contributed by atoms with E-state index in [4.69, 9.17) is 0 Å². The standard InChI is InChI=1S/C11H16F3N3/c1-2-5-16-10(11(12,13)14)9-6-15-7-17(9)8-3-4-8/h6-8,10,16H,2-5H2,1H3. The Morgan fingerprint density at radius 2 is 2.24 bits per heavy atom. The van der Waals surface area contributed by atoms with E-state index in [1.807, 2.05) is 6.92 Å². The molecule has 1 aliphatic carbocycles. The lowest BCUT2D eigenvalue weighted by atomic mass is 10.2. The Balaban J connectivity index is 2.21. The van der Waals surface area contributed by atoms with Crippen LogP contribution in [0.4, 0.5) is 13.2 Å². The monoisotopic (exact) mass is 247 g/mol. The summed E-state index contributed by atoms with van der Waals surface area (Å²) in [6.45, 7) is 2.19. The van der Waals surface area contributed by atoms with Crippen LogP contribution in [0.1, 0.15) is 44.0 Å². The molecule has 1 unspecified atom stereocenters. The van der Waals surface area contributed by atoms with Crippen LogP contribution in [-0.4, -0.2) is 22.3 Å². The number of alkyl halides is 3.